The van der Waals surface area contributed by atoms with E-state index in [1.54, 1.807) is 25.7 Å². The number of pyridine rings is 3. The zero-order valence-corrected chi connectivity index (χ0v) is 14.4. The predicted octanol–water partition coefficient (Wildman–Crippen LogP) is 3.70. The molecule has 1 aromatic carbocycles. The first-order chi connectivity index (χ1) is 13.2. The van der Waals surface area contributed by atoms with E-state index < -0.39 is 0 Å². The van der Waals surface area contributed by atoms with Gasteiger partial charge in [-0.2, -0.15) is 0 Å². The lowest BCUT2D eigenvalue weighted by Gasteiger charge is -2.10. The van der Waals surface area contributed by atoms with E-state index in [9.17, 15) is 4.79 Å². The number of aromatic amines is 2. The summed E-state index contributed by atoms with van der Waals surface area (Å²) < 4.78 is 5.30. The Labute approximate surface area is 153 Å². The van der Waals surface area contributed by atoms with Crippen molar-refractivity contribution >= 4 is 44.2 Å². The first kappa shape index (κ1) is 15.4. The summed E-state index contributed by atoms with van der Waals surface area (Å²) in [6, 6.07) is 11.4. The quantitative estimate of drug-likeness (QED) is 0.457. The number of H-pyrrole nitrogens is 2. The lowest BCUT2D eigenvalue weighted by atomic mass is 10.1. The van der Waals surface area contributed by atoms with Gasteiger partial charge in [0.1, 0.15) is 17.1 Å². The fraction of sp³-hybridized carbons (Fsp3) is 0.0500. The molecule has 0 aliphatic rings. The Balaban J connectivity index is 1.85. The van der Waals surface area contributed by atoms with E-state index in [0.717, 1.165) is 38.6 Å². The molecule has 0 unspecified atom stereocenters. The van der Waals surface area contributed by atoms with Crippen LogP contribution in [0.1, 0.15) is 0 Å². The lowest BCUT2D eigenvalue weighted by Crippen LogP contribution is -2.03. The van der Waals surface area contributed by atoms with Gasteiger partial charge in [-0.1, -0.05) is 6.07 Å². The van der Waals surface area contributed by atoms with Gasteiger partial charge in [0, 0.05) is 34.9 Å². The Morgan fingerprint density at radius 2 is 2.04 bits per heavy atom. The predicted molar refractivity (Wildman–Crippen MR) is 106 cm³/mol. The lowest BCUT2D eigenvalue weighted by molar-refractivity contribution is 0.415. The summed E-state index contributed by atoms with van der Waals surface area (Å²) in [7, 11) is 1.63. The minimum absolute atomic E-state index is 0.168. The third kappa shape index (κ3) is 2.40. The first-order valence-electron chi connectivity index (χ1n) is 8.42. The maximum absolute atomic E-state index is 12.3. The van der Waals surface area contributed by atoms with Crippen molar-refractivity contribution < 1.29 is 4.74 Å². The van der Waals surface area contributed by atoms with Crippen LogP contribution in [0.2, 0.25) is 0 Å². The highest BCUT2D eigenvalue weighted by atomic mass is 16.5. The van der Waals surface area contributed by atoms with Gasteiger partial charge in [0.05, 0.1) is 29.7 Å². The summed E-state index contributed by atoms with van der Waals surface area (Å²) in [4.78, 5) is 27.2. The normalized spacial score (nSPS) is 11.3. The minimum Gasteiger partial charge on any atom is -0.497 e. The van der Waals surface area contributed by atoms with E-state index in [2.05, 4.69) is 20.3 Å². The number of nitrogens with zero attached hydrogens (tertiary/aromatic N) is 2. The molecule has 0 spiro atoms. The topological polar surface area (TPSA) is 95.7 Å². The number of rotatable bonds is 3. The third-order valence-electron chi connectivity index (χ3n) is 4.60. The Morgan fingerprint density at radius 3 is 2.93 bits per heavy atom. The standard InChI is InChI=1S/C20H15N5O2/c1-27-12-4-2-3-11(9-12)23-19-16-14-6-8-22-20(26)18(14)25-17(16)13-5-7-21-10-15(13)24-19/h2-10,25H,1H3,(H,22,26)(H,23,24). The third-order valence-corrected chi connectivity index (χ3v) is 4.60. The van der Waals surface area contributed by atoms with Gasteiger partial charge in [-0.25, -0.2) is 4.98 Å². The molecule has 0 radical (unpaired) electrons. The van der Waals surface area contributed by atoms with E-state index in [4.69, 9.17) is 9.72 Å². The van der Waals surface area contributed by atoms with Crippen LogP contribution < -0.4 is 15.6 Å². The summed E-state index contributed by atoms with van der Waals surface area (Å²) >= 11 is 0. The molecule has 0 aliphatic heterocycles. The molecule has 4 aromatic heterocycles. The summed E-state index contributed by atoms with van der Waals surface area (Å²) in [5, 5.41) is 5.94. The molecule has 5 rings (SSSR count). The molecule has 4 heterocycles. The van der Waals surface area contributed by atoms with E-state index in [1.165, 1.54) is 0 Å². The van der Waals surface area contributed by atoms with E-state index in [1.807, 2.05) is 36.4 Å². The summed E-state index contributed by atoms with van der Waals surface area (Å²) in [5.74, 6) is 1.39. The van der Waals surface area contributed by atoms with Crippen molar-refractivity contribution in [1.29, 1.82) is 0 Å². The van der Waals surface area contributed by atoms with E-state index in [-0.39, 0.29) is 5.56 Å². The fourth-order valence-electron chi connectivity index (χ4n) is 3.37. The highest BCUT2D eigenvalue weighted by Crippen LogP contribution is 2.35. The van der Waals surface area contributed by atoms with E-state index in [0.29, 0.717) is 11.3 Å². The highest BCUT2D eigenvalue weighted by Gasteiger charge is 2.16. The number of fused-ring (bicyclic) bond motifs is 5. The molecule has 0 fully saturated rings. The molecule has 0 atom stereocenters. The molecule has 0 aliphatic carbocycles. The summed E-state index contributed by atoms with van der Waals surface area (Å²) in [6.07, 6.45) is 5.07. The molecule has 0 amide bonds. The van der Waals surface area contributed by atoms with Gasteiger partial charge >= 0.3 is 0 Å². The van der Waals surface area contributed by atoms with Crippen LogP contribution in [0.4, 0.5) is 11.5 Å². The number of benzene rings is 1. The molecule has 132 valence electrons. The number of anilines is 2. The van der Waals surface area contributed by atoms with Gasteiger partial charge in [-0.15, -0.1) is 0 Å². The van der Waals surface area contributed by atoms with Crippen LogP contribution in [-0.2, 0) is 0 Å². The molecule has 0 saturated carbocycles. The Hall–Kier alpha value is -3.87. The number of nitrogens with one attached hydrogen (secondary N) is 3. The number of aromatic nitrogens is 4. The van der Waals surface area contributed by atoms with Crippen molar-refractivity contribution in [2.24, 2.45) is 0 Å². The van der Waals surface area contributed by atoms with Crippen molar-refractivity contribution in [2.75, 3.05) is 12.4 Å². The zero-order valence-electron chi connectivity index (χ0n) is 14.4. The molecule has 0 saturated heterocycles. The average Bonchev–Trinajstić information content (AvgIpc) is 3.10. The van der Waals surface area contributed by atoms with Crippen molar-refractivity contribution in [3.63, 3.8) is 0 Å². The molecular formula is C20H15N5O2. The maximum Gasteiger partial charge on any atom is 0.272 e. The fourth-order valence-corrected chi connectivity index (χ4v) is 3.37. The van der Waals surface area contributed by atoms with E-state index >= 15 is 0 Å². The highest BCUT2D eigenvalue weighted by molar-refractivity contribution is 6.20. The molecule has 5 aromatic rings. The number of methoxy groups -OCH3 is 1. The van der Waals surface area contributed by atoms with Crippen LogP contribution in [0.25, 0.3) is 32.7 Å². The van der Waals surface area contributed by atoms with Gasteiger partial charge in [0.15, 0.2) is 0 Å². The first-order valence-corrected chi connectivity index (χ1v) is 8.42. The maximum atomic E-state index is 12.3. The van der Waals surface area contributed by atoms with Crippen molar-refractivity contribution in [3.05, 3.63) is 65.3 Å². The second kappa shape index (κ2) is 5.84. The molecular weight excluding hydrogens is 342 g/mol. The van der Waals surface area contributed by atoms with Crippen molar-refractivity contribution in [1.82, 2.24) is 19.9 Å². The SMILES string of the molecule is COc1cccc(Nc2nc3cnccc3c3[nH]c4c(=O)[nH]ccc4c23)c1. The largest absolute Gasteiger partial charge is 0.497 e. The average molecular weight is 357 g/mol. The van der Waals surface area contributed by atoms with Gasteiger partial charge in [-0.3, -0.25) is 9.78 Å². The monoisotopic (exact) mass is 357 g/mol. The Kier molecular flexibility index (Phi) is 3.33. The number of hydrogen-bond donors (Lipinski definition) is 3. The number of hydrogen-bond acceptors (Lipinski definition) is 5. The van der Waals surface area contributed by atoms with Crippen LogP contribution >= 0.6 is 0 Å². The zero-order chi connectivity index (χ0) is 18.4. The van der Waals surface area contributed by atoms with Crippen LogP contribution in [0, 0.1) is 0 Å². The number of ether oxygens (including phenoxy) is 1. The van der Waals surface area contributed by atoms with Gasteiger partial charge in [-0.05, 0) is 24.3 Å². The Bertz CT molecular complexity index is 1370. The summed E-state index contributed by atoms with van der Waals surface area (Å²) in [6.45, 7) is 0. The Morgan fingerprint density at radius 1 is 1.11 bits per heavy atom. The van der Waals surface area contributed by atoms with Crippen molar-refractivity contribution in [2.45, 2.75) is 0 Å². The van der Waals surface area contributed by atoms with Crippen LogP contribution in [-0.4, -0.2) is 27.0 Å². The van der Waals surface area contributed by atoms with Crippen molar-refractivity contribution in [3.8, 4) is 5.75 Å². The smallest absolute Gasteiger partial charge is 0.272 e. The second-order valence-corrected chi connectivity index (χ2v) is 6.18. The van der Waals surface area contributed by atoms with Gasteiger partial charge < -0.3 is 20.0 Å². The van der Waals surface area contributed by atoms with Gasteiger partial charge in [0.25, 0.3) is 5.56 Å². The van der Waals surface area contributed by atoms with Gasteiger partial charge in [0.2, 0.25) is 0 Å². The van der Waals surface area contributed by atoms with Crippen LogP contribution in [0.15, 0.2) is 59.8 Å². The molecule has 27 heavy (non-hydrogen) atoms. The summed E-state index contributed by atoms with van der Waals surface area (Å²) in [5.41, 5.74) is 2.77. The second-order valence-electron chi connectivity index (χ2n) is 6.18. The molecule has 0 bridgehead atoms. The molecule has 7 heteroatoms. The van der Waals surface area contributed by atoms with Crippen LogP contribution in [0.3, 0.4) is 0 Å². The van der Waals surface area contributed by atoms with Crippen LogP contribution in [0.5, 0.6) is 5.75 Å². The molecule has 3 N–H and O–H groups in total. The molecule has 7 nitrogen and oxygen atoms in total. The minimum atomic E-state index is -0.168.